The van der Waals surface area contributed by atoms with Crippen LogP contribution >= 0.6 is 30.2 Å². The molecule has 1 unspecified atom stereocenters. The van der Waals surface area contributed by atoms with E-state index in [2.05, 4.69) is 22.1 Å². The van der Waals surface area contributed by atoms with Crippen LogP contribution < -0.4 is 4.52 Å². The smallest absolute Gasteiger partial charge is 0.245 e. The molecule has 0 saturated carbocycles. The minimum absolute atomic E-state index is 0.154. The molecular formula is C8H7ClNOPS2. The predicted molar refractivity (Wildman–Crippen MR) is 67.1 cm³/mol. The Morgan fingerprint density at radius 2 is 2.07 bits per heavy atom. The number of halogens is 1. The molecule has 74 valence electrons. The highest BCUT2D eigenvalue weighted by Crippen LogP contribution is 2.49. The average molecular weight is 264 g/mol. The highest BCUT2D eigenvalue weighted by molar-refractivity contribution is 8.12. The van der Waals surface area contributed by atoms with Crippen LogP contribution in [-0.2, 0) is 11.8 Å². The quantitative estimate of drug-likeness (QED) is 0.358. The Kier molecular flexibility index (Phi) is 4.73. The molecule has 0 bridgehead atoms. The Morgan fingerprint density at radius 3 is 2.57 bits per heavy atom. The van der Waals surface area contributed by atoms with E-state index in [-0.39, 0.29) is 5.62 Å². The summed E-state index contributed by atoms with van der Waals surface area (Å²) in [6, 6.07) is 9.19. The fourth-order valence-corrected chi connectivity index (χ4v) is 2.74. The third kappa shape index (κ3) is 3.49. The normalized spacial score (nSPS) is 13.8. The Balaban J connectivity index is 2.86. The minimum atomic E-state index is -2.41. The number of hydrogen-bond acceptors (Lipinski definition) is 3. The maximum atomic E-state index is 5.68. The molecule has 0 fully saturated rings. The largest absolute Gasteiger partial charge is 0.445 e. The first-order valence-corrected chi connectivity index (χ1v) is 7.49. The first kappa shape index (κ1) is 11.8. The van der Waals surface area contributed by atoms with Crippen molar-refractivity contribution in [3.8, 4) is 5.75 Å². The number of isothiocyanates is 1. The molecule has 1 rings (SSSR count). The summed E-state index contributed by atoms with van der Waals surface area (Å²) < 4.78 is 9.30. The van der Waals surface area contributed by atoms with E-state index in [0.717, 1.165) is 0 Å². The lowest BCUT2D eigenvalue weighted by Gasteiger charge is -2.14. The molecule has 14 heavy (non-hydrogen) atoms. The van der Waals surface area contributed by atoms with Gasteiger partial charge in [0.25, 0.3) is 0 Å². The van der Waals surface area contributed by atoms with Crippen molar-refractivity contribution in [2.45, 2.75) is 0 Å². The molecule has 0 amide bonds. The van der Waals surface area contributed by atoms with Crippen LogP contribution in [0.1, 0.15) is 0 Å². The molecule has 0 saturated heterocycles. The molecular weight excluding hydrogens is 257 g/mol. The van der Waals surface area contributed by atoms with Crippen molar-refractivity contribution >= 4 is 47.2 Å². The van der Waals surface area contributed by atoms with Gasteiger partial charge >= 0.3 is 0 Å². The van der Waals surface area contributed by atoms with Crippen molar-refractivity contribution in [1.29, 1.82) is 0 Å². The molecule has 6 heteroatoms. The summed E-state index contributed by atoms with van der Waals surface area (Å²) in [5.74, 6) is 0.658. The van der Waals surface area contributed by atoms with Gasteiger partial charge in [-0.05, 0) is 36.2 Å². The van der Waals surface area contributed by atoms with Crippen LogP contribution in [0.3, 0.4) is 0 Å². The fraction of sp³-hybridized carbons (Fsp3) is 0.125. The predicted octanol–water partition coefficient (Wildman–Crippen LogP) is 3.67. The molecule has 0 radical (unpaired) electrons. The van der Waals surface area contributed by atoms with E-state index in [1.807, 2.05) is 18.2 Å². The van der Waals surface area contributed by atoms with E-state index < -0.39 is 6.42 Å². The third-order valence-electron chi connectivity index (χ3n) is 1.34. The summed E-state index contributed by atoms with van der Waals surface area (Å²) in [5, 5.41) is 2.22. The van der Waals surface area contributed by atoms with Gasteiger partial charge in [0.1, 0.15) is 11.4 Å². The SMILES string of the molecule is S=C=NP(=S)(CCl)Oc1ccccc1. The number of hydrogen-bond donors (Lipinski definition) is 0. The minimum Gasteiger partial charge on any atom is -0.445 e. The fourth-order valence-electron chi connectivity index (χ4n) is 0.780. The summed E-state index contributed by atoms with van der Waals surface area (Å²) in [5.41, 5.74) is 0.154. The van der Waals surface area contributed by atoms with E-state index >= 15 is 0 Å². The Morgan fingerprint density at radius 1 is 1.43 bits per heavy atom. The van der Waals surface area contributed by atoms with E-state index in [4.69, 9.17) is 27.9 Å². The Bertz CT molecular complexity index is 392. The number of alkyl halides is 1. The Labute approximate surface area is 98.1 Å². The van der Waals surface area contributed by atoms with Crippen molar-refractivity contribution < 1.29 is 4.52 Å². The number of rotatable bonds is 4. The van der Waals surface area contributed by atoms with Crippen LogP contribution in [0.5, 0.6) is 5.75 Å². The first-order chi connectivity index (χ1) is 6.70. The van der Waals surface area contributed by atoms with Crippen LogP contribution in [0.25, 0.3) is 0 Å². The van der Waals surface area contributed by atoms with E-state index in [1.165, 1.54) is 0 Å². The number of thiocarbonyl (C=S) groups is 1. The van der Waals surface area contributed by atoms with Gasteiger partial charge in [-0.2, -0.15) is 4.76 Å². The van der Waals surface area contributed by atoms with Gasteiger partial charge in [0.15, 0.2) is 0 Å². The zero-order chi connectivity index (χ0) is 10.4. The molecule has 1 aromatic rings. The average Bonchev–Trinajstić information content (AvgIpc) is 2.20. The second-order valence-corrected chi connectivity index (χ2v) is 6.86. The lowest BCUT2D eigenvalue weighted by Crippen LogP contribution is -1.90. The molecule has 0 N–H and O–H groups in total. The molecule has 1 aromatic carbocycles. The maximum absolute atomic E-state index is 5.68. The Hall–Kier alpha value is -0.240. The van der Waals surface area contributed by atoms with Crippen LogP contribution in [0, 0.1) is 0 Å². The number of nitrogens with zero attached hydrogens (tertiary/aromatic N) is 1. The van der Waals surface area contributed by atoms with Gasteiger partial charge in [-0.15, -0.1) is 11.6 Å². The molecule has 0 heterocycles. The summed E-state index contributed by atoms with van der Waals surface area (Å²) >= 11 is 15.3. The number of benzene rings is 1. The van der Waals surface area contributed by atoms with Crippen LogP contribution in [-0.4, -0.2) is 10.8 Å². The van der Waals surface area contributed by atoms with Gasteiger partial charge in [0.2, 0.25) is 6.42 Å². The van der Waals surface area contributed by atoms with Gasteiger partial charge in [-0.3, -0.25) is 0 Å². The molecule has 0 aliphatic rings. The van der Waals surface area contributed by atoms with Gasteiger partial charge in [-0.25, -0.2) is 0 Å². The zero-order valence-electron chi connectivity index (χ0n) is 7.09. The van der Waals surface area contributed by atoms with Crippen LogP contribution in [0.15, 0.2) is 35.1 Å². The highest BCUT2D eigenvalue weighted by atomic mass is 35.5. The van der Waals surface area contributed by atoms with Gasteiger partial charge in [0.05, 0.1) is 5.16 Å². The van der Waals surface area contributed by atoms with Gasteiger partial charge in [-0.1, -0.05) is 18.2 Å². The molecule has 0 aliphatic heterocycles. The standard InChI is InChI=1S/C8H7ClNOPS2/c9-6-12(14,10-7-13)11-8-4-2-1-3-5-8/h1-5H,6H2. The summed E-state index contributed by atoms with van der Waals surface area (Å²) in [6.45, 7) is 0. The van der Waals surface area contributed by atoms with Crippen LogP contribution in [0.2, 0.25) is 0 Å². The molecule has 1 atom stereocenters. The lowest BCUT2D eigenvalue weighted by atomic mass is 10.3. The summed E-state index contributed by atoms with van der Waals surface area (Å²) in [4.78, 5) is 0. The van der Waals surface area contributed by atoms with Crippen molar-refractivity contribution in [2.75, 3.05) is 5.62 Å². The van der Waals surface area contributed by atoms with Crippen LogP contribution in [0.4, 0.5) is 0 Å². The summed E-state index contributed by atoms with van der Waals surface area (Å²) in [7, 11) is 0. The summed E-state index contributed by atoms with van der Waals surface area (Å²) in [6.07, 6.45) is -2.41. The highest BCUT2D eigenvalue weighted by Gasteiger charge is 2.15. The molecule has 2 nitrogen and oxygen atoms in total. The first-order valence-electron chi connectivity index (χ1n) is 3.69. The van der Waals surface area contributed by atoms with Crippen molar-refractivity contribution in [3.63, 3.8) is 0 Å². The molecule has 0 spiro atoms. The maximum Gasteiger partial charge on any atom is 0.245 e. The monoisotopic (exact) mass is 263 g/mol. The number of para-hydroxylation sites is 1. The van der Waals surface area contributed by atoms with Gasteiger partial charge in [0, 0.05) is 0 Å². The van der Waals surface area contributed by atoms with Crippen molar-refractivity contribution in [1.82, 2.24) is 0 Å². The molecule has 0 aromatic heterocycles. The lowest BCUT2D eigenvalue weighted by molar-refractivity contribution is 0.616. The van der Waals surface area contributed by atoms with E-state index in [1.54, 1.807) is 12.1 Å². The van der Waals surface area contributed by atoms with E-state index in [0.29, 0.717) is 5.75 Å². The third-order valence-corrected chi connectivity index (χ3v) is 5.02. The second kappa shape index (κ2) is 5.59. The topological polar surface area (TPSA) is 21.6 Å². The van der Waals surface area contributed by atoms with Crippen molar-refractivity contribution in [3.05, 3.63) is 30.3 Å². The van der Waals surface area contributed by atoms with Gasteiger partial charge < -0.3 is 4.52 Å². The van der Waals surface area contributed by atoms with Crippen molar-refractivity contribution in [2.24, 2.45) is 4.76 Å². The zero-order valence-corrected chi connectivity index (χ0v) is 10.4. The second-order valence-electron chi connectivity index (χ2n) is 2.35. The van der Waals surface area contributed by atoms with E-state index in [9.17, 15) is 0 Å². The molecule has 0 aliphatic carbocycles.